The molecule has 1 aliphatic rings. The lowest BCUT2D eigenvalue weighted by Crippen LogP contribution is -2.35. The molecule has 2 nitrogen and oxygen atoms in total. The molecular weight excluding hydrogens is 114 g/mol. The van der Waals surface area contributed by atoms with Gasteiger partial charge in [0.2, 0.25) is 0 Å². The van der Waals surface area contributed by atoms with E-state index in [0.29, 0.717) is 0 Å². The maximum absolute atomic E-state index is 5.52. The highest BCUT2D eigenvalue weighted by molar-refractivity contribution is 4.81. The highest BCUT2D eigenvalue weighted by Gasteiger charge is 2.28. The van der Waals surface area contributed by atoms with Crippen molar-refractivity contribution < 1.29 is 4.74 Å². The summed E-state index contributed by atoms with van der Waals surface area (Å²) in [5, 5.41) is 3.13. The van der Waals surface area contributed by atoms with E-state index in [0.717, 1.165) is 13.2 Å². The Morgan fingerprint density at radius 1 is 1.67 bits per heavy atom. The van der Waals surface area contributed by atoms with Gasteiger partial charge in [-0.3, -0.25) is 0 Å². The number of hydrogen-bond donors (Lipinski definition) is 1. The molecule has 9 heavy (non-hydrogen) atoms. The highest BCUT2D eigenvalue weighted by atomic mass is 16.5. The fraction of sp³-hybridized carbons (Fsp3) is 1.00. The Morgan fingerprint density at radius 2 is 2.44 bits per heavy atom. The van der Waals surface area contributed by atoms with Gasteiger partial charge in [0, 0.05) is 13.2 Å². The average Bonchev–Trinajstić information content (AvgIpc) is 2.16. The smallest absolute Gasteiger partial charge is 0.0779 e. The van der Waals surface area contributed by atoms with Crippen molar-refractivity contribution >= 4 is 0 Å². The van der Waals surface area contributed by atoms with Crippen molar-refractivity contribution in [1.82, 2.24) is 5.32 Å². The molecule has 0 aromatic carbocycles. The minimum atomic E-state index is 0.134. The van der Waals surface area contributed by atoms with Gasteiger partial charge in [-0.2, -0.15) is 0 Å². The zero-order valence-electron chi connectivity index (χ0n) is 6.24. The van der Waals surface area contributed by atoms with Gasteiger partial charge in [-0.05, 0) is 26.8 Å². The second-order valence-electron chi connectivity index (χ2n) is 2.93. The van der Waals surface area contributed by atoms with E-state index in [1.165, 1.54) is 12.8 Å². The van der Waals surface area contributed by atoms with Crippen molar-refractivity contribution in [3.63, 3.8) is 0 Å². The van der Waals surface area contributed by atoms with Crippen molar-refractivity contribution in [2.24, 2.45) is 0 Å². The molecule has 1 atom stereocenters. The van der Waals surface area contributed by atoms with Gasteiger partial charge < -0.3 is 10.1 Å². The first-order valence-corrected chi connectivity index (χ1v) is 3.55. The summed E-state index contributed by atoms with van der Waals surface area (Å²) in [6.45, 7) is 4.08. The first kappa shape index (κ1) is 7.03. The van der Waals surface area contributed by atoms with Gasteiger partial charge >= 0.3 is 0 Å². The minimum Gasteiger partial charge on any atom is -0.374 e. The molecule has 0 spiro atoms. The Kier molecular flexibility index (Phi) is 2.09. The standard InChI is InChI=1S/C7H15NO/c1-7(6-8-2)4-3-5-9-7/h8H,3-6H2,1-2H3. The van der Waals surface area contributed by atoms with E-state index in [-0.39, 0.29) is 5.60 Å². The Labute approximate surface area is 56.6 Å². The molecule has 0 saturated carbocycles. The number of nitrogens with one attached hydrogen (secondary N) is 1. The van der Waals surface area contributed by atoms with Crippen LogP contribution < -0.4 is 5.32 Å². The third-order valence-corrected chi connectivity index (χ3v) is 1.85. The Balaban J connectivity index is 2.32. The van der Waals surface area contributed by atoms with E-state index < -0.39 is 0 Å². The summed E-state index contributed by atoms with van der Waals surface area (Å²) in [6, 6.07) is 0. The van der Waals surface area contributed by atoms with Crippen molar-refractivity contribution in [3.05, 3.63) is 0 Å². The topological polar surface area (TPSA) is 21.3 Å². The number of ether oxygens (including phenoxy) is 1. The summed E-state index contributed by atoms with van der Waals surface area (Å²) in [5.41, 5.74) is 0.134. The molecule has 0 aromatic rings. The van der Waals surface area contributed by atoms with E-state index in [1.807, 2.05) is 7.05 Å². The van der Waals surface area contributed by atoms with E-state index in [9.17, 15) is 0 Å². The van der Waals surface area contributed by atoms with Crippen LogP contribution in [0.3, 0.4) is 0 Å². The monoisotopic (exact) mass is 129 g/mol. The van der Waals surface area contributed by atoms with Crippen LogP contribution in [0.25, 0.3) is 0 Å². The lowest BCUT2D eigenvalue weighted by Gasteiger charge is -2.21. The molecular formula is C7H15NO. The molecule has 0 aromatic heterocycles. The molecule has 0 aliphatic carbocycles. The summed E-state index contributed by atoms with van der Waals surface area (Å²) in [4.78, 5) is 0. The van der Waals surface area contributed by atoms with Crippen LogP contribution in [0.15, 0.2) is 0 Å². The predicted octanol–water partition coefficient (Wildman–Crippen LogP) is 0.775. The summed E-state index contributed by atoms with van der Waals surface area (Å²) < 4.78 is 5.52. The summed E-state index contributed by atoms with van der Waals surface area (Å²) in [7, 11) is 1.97. The van der Waals surface area contributed by atoms with Crippen LogP contribution in [-0.4, -0.2) is 25.8 Å². The molecule has 0 amide bonds. The largest absolute Gasteiger partial charge is 0.374 e. The van der Waals surface area contributed by atoms with Crippen LogP contribution in [0, 0.1) is 0 Å². The van der Waals surface area contributed by atoms with Crippen LogP contribution in [-0.2, 0) is 4.74 Å². The van der Waals surface area contributed by atoms with Crippen LogP contribution in [0.4, 0.5) is 0 Å². The molecule has 1 unspecified atom stereocenters. The van der Waals surface area contributed by atoms with Crippen molar-refractivity contribution in [2.45, 2.75) is 25.4 Å². The molecule has 1 rings (SSSR count). The van der Waals surface area contributed by atoms with Crippen molar-refractivity contribution in [1.29, 1.82) is 0 Å². The first-order valence-electron chi connectivity index (χ1n) is 3.55. The summed E-state index contributed by atoms with van der Waals surface area (Å²) in [6.07, 6.45) is 2.42. The van der Waals surface area contributed by atoms with E-state index >= 15 is 0 Å². The Morgan fingerprint density at radius 3 is 2.89 bits per heavy atom. The van der Waals surface area contributed by atoms with Crippen LogP contribution in [0.2, 0.25) is 0 Å². The fourth-order valence-electron chi connectivity index (χ4n) is 1.35. The molecule has 0 bridgehead atoms. The SMILES string of the molecule is CNCC1(C)CCCO1. The molecule has 1 saturated heterocycles. The first-order chi connectivity index (χ1) is 4.27. The van der Waals surface area contributed by atoms with Gasteiger partial charge in [0.25, 0.3) is 0 Å². The quantitative estimate of drug-likeness (QED) is 0.594. The predicted molar refractivity (Wildman–Crippen MR) is 37.5 cm³/mol. The third kappa shape index (κ3) is 1.66. The third-order valence-electron chi connectivity index (χ3n) is 1.85. The minimum absolute atomic E-state index is 0.134. The van der Waals surface area contributed by atoms with Crippen LogP contribution in [0.5, 0.6) is 0 Å². The second kappa shape index (κ2) is 2.67. The molecule has 1 heterocycles. The fourth-order valence-corrected chi connectivity index (χ4v) is 1.35. The second-order valence-corrected chi connectivity index (χ2v) is 2.93. The summed E-state index contributed by atoms with van der Waals surface area (Å²) in [5.74, 6) is 0. The lowest BCUT2D eigenvalue weighted by molar-refractivity contribution is 0.0224. The number of hydrogen-bond acceptors (Lipinski definition) is 2. The number of likely N-dealkylation sites (N-methyl/N-ethyl adjacent to an activating group) is 1. The van der Waals surface area contributed by atoms with Crippen molar-refractivity contribution in [2.75, 3.05) is 20.2 Å². The summed E-state index contributed by atoms with van der Waals surface area (Å²) >= 11 is 0. The van der Waals surface area contributed by atoms with E-state index in [1.54, 1.807) is 0 Å². The van der Waals surface area contributed by atoms with E-state index in [4.69, 9.17) is 4.74 Å². The molecule has 54 valence electrons. The highest BCUT2D eigenvalue weighted by Crippen LogP contribution is 2.23. The molecule has 1 N–H and O–H groups in total. The molecule has 0 radical (unpaired) electrons. The Bertz CT molecular complexity index is 86.9. The number of rotatable bonds is 2. The van der Waals surface area contributed by atoms with Gasteiger partial charge in [0.1, 0.15) is 0 Å². The van der Waals surface area contributed by atoms with Gasteiger partial charge in [-0.25, -0.2) is 0 Å². The van der Waals surface area contributed by atoms with Gasteiger partial charge in [0.05, 0.1) is 5.60 Å². The molecule has 1 aliphatic heterocycles. The van der Waals surface area contributed by atoms with Crippen LogP contribution in [0.1, 0.15) is 19.8 Å². The zero-order valence-corrected chi connectivity index (χ0v) is 6.24. The lowest BCUT2D eigenvalue weighted by atomic mass is 10.0. The van der Waals surface area contributed by atoms with Gasteiger partial charge in [-0.1, -0.05) is 0 Å². The van der Waals surface area contributed by atoms with E-state index in [2.05, 4.69) is 12.2 Å². The zero-order chi connectivity index (χ0) is 6.74. The average molecular weight is 129 g/mol. The normalized spacial score (nSPS) is 35.3. The molecule has 2 heteroatoms. The van der Waals surface area contributed by atoms with Gasteiger partial charge in [0.15, 0.2) is 0 Å². The van der Waals surface area contributed by atoms with Crippen LogP contribution >= 0.6 is 0 Å². The Hall–Kier alpha value is -0.0800. The maximum atomic E-state index is 5.52. The van der Waals surface area contributed by atoms with Crippen molar-refractivity contribution in [3.8, 4) is 0 Å². The van der Waals surface area contributed by atoms with Gasteiger partial charge in [-0.15, -0.1) is 0 Å². The maximum Gasteiger partial charge on any atom is 0.0779 e. The molecule has 1 fully saturated rings.